The van der Waals surface area contributed by atoms with Crippen molar-refractivity contribution in [2.75, 3.05) is 4.72 Å². The zero-order chi connectivity index (χ0) is 23.4. The SMILES string of the molecule is Cc1ccc(NS(=O)(=O)c2ccc(C)c(C(=O)NCc3nc(-c4ccncc4)cs3)c2)cc1. The highest BCUT2D eigenvalue weighted by molar-refractivity contribution is 7.92. The molecule has 1 amide bonds. The molecule has 0 fully saturated rings. The van der Waals surface area contributed by atoms with Gasteiger partial charge in [-0.1, -0.05) is 23.8 Å². The van der Waals surface area contributed by atoms with Crippen LogP contribution < -0.4 is 10.0 Å². The van der Waals surface area contributed by atoms with Gasteiger partial charge in [0.2, 0.25) is 0 Å². The highest BCUT2D eigenvalue weighted by atomic mass is 32.2. The van der Waals surface area contributed by atoms with Gasteiger partial charge in [-0.2, -0.15) is 0 Å². The van der Waals surface area contributed by atoms with Crippen molar-refractivity contribution in [3.63, 3.8) is 0 Å². The van der Waals surface area contributed by atoms with Crippen molar-refractivity contribution in [2.24, 2.45) is 0 Å². The molecule has 0 atom stereocenters. The smallest absolute Gasteiger partial charge is 0.261 e. The summed E-state index contributed by atoms with van der Waals surface area (Å²) in [5, 5.41) is 5.51. The van der Waals surface area contributed by atoms with Crippen LogP contribution in [-0.4, -0.2) is 24.3 Å². The molecule has 0 aliphatic rings. The number of amides is 1. The van der Waals surface area contributed by atoms with E-state index in [4.69, 9.17) is 0 Å². The standard InChI is InChI=1S/C24H22N4O3S2/c1-16-3-6-19(7-4-16)28-33(30,31)20-8-5-17(2)21(13-20)24(29)26-14-23-27-22(15-32-23)18-9-11-25-12-10-18/h3-13,15,28H,14H2,1-2H3,(H,26,29). The molecule has 0 unspecified atom stereocenters. The van der Waals surface area contributed by atoms with E-state index in [-0.39, 0.29) is 17.3 Å². The quantitative estimate of drug-likeness (QED) is 0.406. The number of carbonyl (C=O) groups is 1. The van der Waals surface area contributed by atoms with Gasteiger partial charge in [-0.25, -0.2) is 13.4 Å². The molecule has 2 heterocycles. The summed E-state index contributed by atoms with van der Waals surface area (Å²) in [5.41, 5.74) is 4.24. The number of carbonyl (C=O) groups excluding carboxylic acids is 1. The summed E-state index contributed by atoms with van der Waals surface area (Å²) in [4.78, 5) is 21.4. The average Bonchev–Trinajstić information content (AvgIpc) is 3.29. The van der Waals surface area contributed by atoms with Crippen molar-refractivity contribution in [3.05, 3.63) is 94.1 Å². The van der Waals surface area contributed by atoms with Gasteiger partial charge >= 0.3 is 0 Å². The summed E-state index contributed by atoms with van der Waals surface area (Å²) >= 11 is 1.44. The van der Waals surface area contributed by atoms with Crippen LogP contribution in [0.2, 0.25) is 0 Å². The molecule has 0 radical (unpaired) electrons. The fraction of sp³-hybridized carbons (Fsp3) is 0.125. The molecule has 9 heteroatoms. The lowest BCUT2D eigenvalue weighted by Crippen LogP contribution is -2.24. The number of hydrogen-bond donors (Lipinski definition) is 2. The van der Waals surface area contributed by atoms with E-state index >= 15 is 0 Å². The molecular weight excluding hydrogens is 456 g/mol. The Hall–Kier alpha value is -3.56. The maximum absolute atomic E-state index is 12.8. The molecule has 2 N–H and O–H groups in total. The van der Waals surface area contributed by atoms with E-state index in [0.29, 0.717) is 16.8 Å². The van der Waals surface area contributed by atoms with Crippen LogP contribution in [0.25, 0.3) is 11.3 Å². The Kier molecular flexibility index (Phi) is 6.52. The third kappa shape index (κ3) is 5.44. The Bertz CT molecular complexity index is 1380. The van der Waals surface area contributed by atoms with Crippen molar-refractivity contribution in [1.29, 1.82) is 0 Å². The monoisotopic (exact) mass is 478 g/mol. The second kappa shape index (κ2) is 9.51. The third-order valence-corrected chi connectivity index (χ3v) is 7.22. The molecular formula is C24H22N4O3S2. The van der Waals surface area contributed by atoms with Crippen molar-refractivity contribution in [2.45, 2.75) is 25.3 Å². The molecule has 0 saturated heterocycles. The lowest BCUT2D eigenvalue weighted by Gasteiger charge is -2.12. The van der Waals surface area contributed by atoms with E-state index in [2.05, 4.69) is 20.0 Å². The highest BCUT2D eigenvalue weighted by Gasteiger charge is 2.18. The molecule has 4 rings (SSSR count). The van der Waals surface area contributed by atoms with E-state index in [1.807, 2.05) is 36.6 Å². The van der Waals surface area contributed by atoms with Crippen molar-refractivity contribution < 1.29 is 13.2 Å². The second-order valence-electron chi connectivity index (χ2n) is 7.49. The van der Waals surface area contributed by atoms with Crippen LogP contribution in [0.4, 0.5) is 5.69 Å². The molecule has 0 bridgehead atoms. The number of hydrogen-bond acceptors (Lipinski definition) is 6. The number of nitrogens with zero attached hydrogens (tertiary/aromatic N) is 2. The van der Waals surface area contributed by atoms with Gasteiger partial charge in [-0.05, 0) is 55.8 Å². The second-order valence-corrected chi connectivity index (χ2v) is 10.1. The fourth-order valence-corrected chi connectivity index (χ4v) is 4.97. The van der Waals surface area contributed by atoms with Gasteiger partial charge in [0.1, 0.15) is 5.01 Å². The van der Waals surface area contributed by atoms with Gasteiger partial charge < -0.3 is 5.32 Å². The van der Waals surface area contributed by atoms with Crippen molar-refractivity contribution in [3.8, 4) is 11.3 Å². The topological polar surface area (TPSA) is 101 Å². The molecule has 33 heavy (non-hydrogen) atoms. The number of nitrogens with one attached hydrogen (secondary N) is 2. The maximum atomic E-state index is 12.8. The maximum Gasteiger partial charge on any atom is 0.261 e. The molecule has 7 nitrogen and oxygen atoms in total. The van der Waals surface area contributed by atoms with Gasteiger partial charge in [0.15, 0.2) is 0 Å². The molecule has 2 aromatic heterocycles. The van der Waals surface area contributed by atoms with E-state index in [1.165, 1.54) is 23.5 Å². The van der Waals surface area contributed by atoms with Gasteiger partial charge in [0, 0.05) is 34.6 Å². The molecule has 0 spiro atoms. The number of benzene rings is 2. The normalized spacial score (nSPS) is 11.2. The molecule has 2 aromatic carbocycles. The van der Waals surface area contributed by atoms with Crippen molar-refractivity contribution in [1.82, 2.24) is 15.3 Å². The fourth-order valence-electron chi connectivity index (χ4n) is 3.15. The Morgan fingerprint density at radius 3 is 2.45 bits per heavy atom. The first kappa shape index (κ1) is 22.6. The minimum atomic E-state index is -3.84. The molecule has 4 aromatic rings. The molecule has 0 aliphatic carbocycles. The number of rotatable bonds is 7. The lowest BCUT2D eigenvalue weighted by atomic mass is 10.1. The van der Waals surface area contributed by atoms with Gasteiger partial charge in [-0.15, -0.1) is 11.3 Å². The summed E-state index contributed by atoms with van der Waals surface area (Å²) in [5.74, 6) is -0.361. The van der Waals surface area contributed by atoms with Crippen LogP contribution in [0.3, 0.4) is 0 Å². The minimum Gasteiger partial charge on any atom is -0.346 e. The van der Waals surface area contributed by atoms with Crippen LogP contribution in [0.15, 0.2) is 77.3 Å². The van der Waals surface area contributed by atoms with Crippen LogP contribution in [0.1, 0.15) is 26.5 Å². The predicted molar refractivity (Wildman–Crippen MR) is 130 cm³/mol. The minimum absolute atomic E-state index is 0.0213. The number of sulfonamides is 1. The van der Waals surface area contributed by atoms with Gasteiger partial charge in [0.25, 0.3) is 15.9 Å². The lowest BCUT2D eigenvalue weighted by molar-refractivity contribution is 0.0950. The highest BCUT2D eigenvalue weighted by Crippen LogP contribution is 2.22. The van der Waals surface area contributed by atoms with E-state index in [1.54, 1.807) is 37.5 Å². The first-order valence-electron chi connectivity index (χ1n) is 10.1. The number of pyridine rings is 1. The average molecular weight is 479 g/mol. The van der Waals surface area contributed by atoms with Crippen LogP contribution in [-0.2, 0) is 16.6 Å². The summed E-state index contributed by atoms with van der Waals surface area (Å²) in [7, 11) is -3.84. The van der Waals surface area contributed by atoms with E-state index < -0.39 is 10.0 Å². The molecule has 0 saturated carbocycles. The van der Waals surface area contributed by atoms with Crippen molar-refractivity contribution >= 4 is 33.0 Å². The third-order valence-electron chi connectivity index (χ3n) is 5.00. The summed E-state index contributed by atoms with van der Waals surface area (Å²) in [6.45, 7) is 3.94. The Balaban J connectivity index is 1.47. The number of aromatic nitrogens is 2. The van der Waals surface area contributed by atoms with E-state index in [9.17, 15) is 13.2 Å². The molecule has 168 valence electrons. The predicted octanol–water partition coefficient (Wildman–Crippen LogP) is 4.55. The molecule has 0 aliphatic heterocycles. The summed E-state index contributed by atoms with van der Waals surface area (Å²) < 4.78 is 28.2. The summed E-state index contributed by atoms with van der Waals surface area (Å²) in [6, 6.07) is 15.3. The number of anilines is 1. The van der Waals surface area contributed by atoms with Crippen LogP contribution >= 0.6 is 11.3 Å². The zero-order valence-corrected chi connectivity index (χ0v) is 19.7. The van der Waals surface area contributed by atoms with Gasteiger partial charge in [-0.3, -0.25) is 14.5 Å². The number of thiazole rings is 1. The van der Waals surface area contributed by atoms with E-state index in [0.717, 1.165) is 21.8 Å². The Morgan fingerprint density at radius 1 is 1.00 bits per heavy atom. The first-order valence-corrected chi connectivity index (χ1v) is 12.5. The van der Waals surface area contributed by atoms with Crippen LogP contribution in [0, 0.1) is 13.8 Å². The van der Waals surface area contributed by atoms with Crippen LogP contribution in [0.5, 0.6) is 0 Å². The Labute approximate surface area is 196 Å². The largest absolute Gasteiger partial charge is 0.346 e. The Morgan fingerprint density at radius 2 is 1.73 bits per heavy atom. The van der Waals surface area contributed by atoms with Gasteiger partial charge in [0.05, 0.1) is 17.1 Å². The summed E-state index contributed by atoms with van der Waals surface area (Å²) in [6.07, 6.45) is 3.40. The first-order chi connectivity index (χ1) is 15.8. The number of aryl methyl sites for hydroxylation is 2. The zero-order valence-electron chi connectivity index (χ0n) is 18.1.